The summed E-state index contributed by atoms with van der Waals surface area (Å²) in [5, 5.41) is 13.0. The topological polar surface area (TPSA) is 110 Å². The smallest absolute Gasteiger partial charge is 0.274 e. The quantitative estimate of drug-likeness (QED) is 0.660. The first-order valence-corrected chi connectivity index (χ1v) is 11.6. The second-order valence-corrected chi connectivity index (χ2v) is 9.23. The first-order chi connectivity index (χ1) is 17.1. The van der Waals surface area contributed by atoms with E-state index in [1.165, 1.54) is 4.57 Å². The Morgan fingerprint density at radius 2 is 1.86 bits per heavy atom. The van der Waals surface area contributed by atoms with Crippen LogP contribution in [0.1, 0.15) is 58.6 Å². The number of fused-ring (bicyclic) bond motifs is 5. The molecular formula is C24H24F3N3O6. The van der Waals surface area contributed by atoms with Crippen LogP contribution in [0.15, 0.2) is 23.1 Å². The van der Waals surface area contributed by atoms with Gasteiger partial charge in [0.2, 0.25) is 5.43 Å². The Morgan fingerprint density at radius 3 is 2.53 bits per heavy atom. The summed E-state index contributed by atoms with van der Waals surface area (Å²) >= 11 is 0. The van der Waals surface area contributed by atoms with Crippen molar-refractivity contribution in [2.45, 2.75) is 50.6 Å². The highest BCUT2D eigenvalue weighted by Gasteiger charge is 2.52. The summed E-state index contributed by atoms with van der Waals surface area (Å²) in [7, 11) is 0. The van der Waals surface area contributed by atoms with Gasteiger partial charge in [0.15, 0.2) is 17.2 Å². The third-order valence-corrected chi connectivity index (χ3v) is 7.09. The van der Waals surface area contributed by atoms with E-state index in [0.29, 0.717) is 44.6 Å². The lowest BCUT2D eigenvalue weighted by Crippen LogP contribution is -2.55. The molecule has 5 rings (SSSR count). The number of ether oxygens (including phenoxy) is 2. The van der Waals surface area contributed by atoms with Gasteiger partial charge in [-0.25, -0.2) is 13.2 Å². The van der Waals surface area contributed by atoms with Crippen molar-refractivity contribution in [2.75, 3.05) is 19.8 Å². The molecule has 192 valence electrons. The largest absolute Gasteiger partial charge is 0.503 e. The first-order valence-electron chi connectivity index (χ1n) is 11.6. The van der Waals surface area contributed by atoms with Gasteiger partial charge in [-0.15, -0.1) is 0 Å². The van der Waals surface area contributed by atoms with Crippen molar-refractivity contribution in [1.29, 1.82) is 0 Å². The number of pyridine rings is 1. The number of carbonyl (C=O) groups excluding carboxylic acids is 2. The third-order valence-electron chi connectivity index (χ3n) is 7.09. The second kappa shape index (κ2) is 8.93. The Kier molecular flexibility index (Phi) is 6.03. The van der Waals surface area contributed by atoms with Crippen molar-refractivity contribution in [1.82, 2.24) is 14.8 Å². The maximum Gasteiger partial charge on any atom is 0.274 e. The van der Waals surface area contributed by atoms with Gasteiger partial charge in [0.25, 0.3) is 11.8 Å². The van der Waals surface area contributed by atoms with E-state index < -0.39 is 69.9 Å². The molecule has 2 aromatic rings. The fourth-order valence-electron chi connectivity index (χ4n) is 5.13. The Morgan fingerprint density at radius 1 is 1.19 bits per heavy atom. The molecule has 0 radical (unpaired) electrons. The SMILES string of the molecule is C[C@H]1CCC2(OCCCO2)[C@H]2CN1C(=O)c1c(O)c(=O)c(C(=O)NCc3c(F)cc(F)cc3F)cn12. The van der Waals surface area contributed by atoms with Gasteiger partial charge in [-0.3, -0.25) is 14.4 Å². The van der Waals surface area contributed by atoms with E-state index >= 15 is 0 Å². The molecule has 12 heteroatoms. The van der Waals surface area contributed by atoms with E-state index in [1.807, 2.05) is 6.92 Å². The van der Waals surface area contributed by atoms with Crippen LogP contribution in [0, 0.1) is 17.5 Å². The van der Waals surface area contributed by atoms with Crippen LogP contribution in [0.3, 0.4) is 0 Å². The number of aromatic hydroxyl groups is 1. The molecule has 2 amide bonds. The first kappa shape index (κ1) is 24.3. The highest BCUT2D eigenvalue weighted by molar-refractivity contribution is 5.99. The number of rotatable bonds is 3. The van der Waals surface area contributed by atoms with Gasteiger partial charge in [0, 0.05) is 49.4 Å². The summed E-state index contributed by atoms with van der Waals surface area (Å²) in [4.78, 5) is 40.6. The maximum atomic E-state index is 14.0. The summed E-state index contributed by atoms with van der Waals surface area (Å²) in [6, 6.07) is 0.0666. The summed E-state index contributed by atoms with van der Waals surface area (Å²) in [5.41, 5.74) is -2.53. The lowest BCUT2D eigenvalue weighted by molar-refractivity contribution is -0.291. The van der Waals surface area contributed by atoms with Crippen molar-refractivity contribution < 1.29 is 37.3 Å². The van der Waals surface area contributed by atoms with Gasteiger partial charge in [-0.2, -0.15) is 0 Å². The summed E-state index contributed by atoms with van der Waals surface area (Å²) in [6.45, 7) is 2.19. The van der Waals surface area contributed by atoms with Gasteiger partial charge in [0.1, 0.15) is 29.1 Å². The lowest BCUT2D eigenvalue weighted by atomic mass is 9.98. The highest BCUT2D eigenvalue weighted by Crippen LogP contribution is 2.44. The normalized spacial score (nSPS) is 22.8. The zero-order valence-corrected chi connectivity index (χ0v) is 19.4. The average molecular weight is 507 g/mol. The van der Waals surface area contributed by atoms with E-state index in [9.17, 15) is 32.7 Å². The number of hydrogen-bond donors (Lipinski definition) is 2. The molecule has 0 saturated carbocycles. The summed E-state index contributed by atoms with van der Waals surface area (Å²) < 4.78 is 54.6. The Balaban J connectivity index is 1.55. The molecule has 2 saturated heterocycles. The van der Waals surface area contributed by atoms with Crippen LogP contribution in [-0.2, 0) is 16.0 Å². The van der Waals surface area contributed by atoms with E-state index in [2.05, 4.69) is 5.32 Å². The molecule has 0 unspecified atom stereocenters. The Bertz CT molecular complexity index is 1280. The van der Waals surface area contributed by atoms with Gasteiger partial charge in [-0.1, -0.05) is 0 Å². The standard InChI is InChI=1S/C24H24F3N3O6/c1-12-3-4-24(35-5-2-6-36-24)18-11-29(12)23(34)19-21(32)20(31)15(10-30(18)19)22(33)28-9-14-16(26)7-13(25)8-17(14)27/h7-8,10,12,18,32H,2-6,9,11H2,1H3,(H,28,33)/t12-,18+/m0/s1. The lowest BCUT2D eigenvalue weighted by Gasteiger charge is -2.46. The van der Waals surface area contributed by atoms with Crippen molar-refractivity contribution >= 4 is 11.8 Å². The van der Waals surface area contributed by atoms with Crippen molar-refractivity contribution in [3.8, 4) is 5.75 Å². The number of aromatic nitrogens is 1. The number of carbonyl (C=O) groups is 2. The molecule has 9 nitrogen and oxygen atoms in total. The minimum Gasteiger partial charge on any atom is -0.503 e. The molecule has 0 aliphatic carbocycles. The molecule has 2 fully saturated rings. The predicted molar refractivity (Wildman–Crippen MR) is 118 cm³/mol. The van der Waals surface area contributed by atoms with Crippen molar-refractivity contribution in [2.24, 2.45) is 0 Å². The molecule has 2 atom stereocenters. The zero-order valence-electron chi connectivity index (χ0n) is 19.4. The fourth-order valence-corrected chi connectivity index (χ4v) is 5.13. The van der Waals surface area contributed by atoms with Crippen LogP contribution in [0.5, 0.6) is 5.75 Å². The van der Waals surface area contributed by atoms with E-state index in [-0.39, 0.29) is 18.3 Å². The summed E-state index contributed by atoms with van der Waals surface area (Å²) in [6.07, 6.45) is 2.83. The third kappa shape index (κ3) is 3.84. The number of nitrogens with zero attached hydrogens (tertiary/aromatic N) is 2. The number of hydrogen-bond acceptors (Lipinski definition) is 6. The molecule has 4 heterocycles. The van der Waals surface area contributed by atoms with Gasteiger partial charge >= 0.3 is 0 Å². The second-order valence-electron chi connectivity index (χ2n) is 9.23. The van der Waals surface area contributed by atoms with E-state index in [1.54, 1.807) is 4.90 Å². The molecule has 3 aliphatic rings. The van der Waals surface area contributed by atoms with Crippen molar-refractivity contribution in [3.05, 3.63) is 62.8 Å². The zero-order chi connectivity index (χ0) is 25.8. The van der Waals surface area contributed by atoms with Crippen LogP contribution < -0.4 is 10.7 Å². The maximum absolute atomic E-state index is 14.0. The molecule has 3 aliphatic heterocycles. The van der Waals surface area contributed by atoms with Gasteiger partial charge in [0.05, 0.1) is 13.2 Å². The monoisotopic (exact) mass is 507 g/mol. The van der Waals surface area contributed by atoms with Crippen LogP contribution in [0.25, 0.3) is 0 Å². The minimum atomic E-state index is -1.20. The average Bonchev–Trinajstić information content (AvgIpc) is 2.95. The number of amides is 2. The van der Waals surface area contributed by atoms with Crippen LogP contribution in [0.2, 0.25) is 0 Å². The Labute approximate surface area is 203 Å². The molecule has 36 heavy (non-hydrogen) atoms. The van der Waals surface area contributed by atoms with Gasteiger partial charge in [-0.05, 0) is 19.8 Å². The molecule has 1 spiro atoms. The van der Waals surface area contributed by atoms with E-state index in [0.717, 1.165) is 6.20 Å². The van der Waals surface area contributed by atoms with Crippen LogP contribution in [0.4, 0.5) is 13.2 Å². The van der Waals surface area contributed by atoms with Gasteiger partial charge < -0.3 is 29.4 Å². The highest BCUT2D eigenvalue weighted by atomic mass is 19.1. The summed E-state index contributed by atoms with van der Waals surface area (Å²) in [5.74, 6) is -7.17. The molecule has 1 aromatic carbocycles. The number of halogens is 3. The predicted octanol–water partition coefficient (Wildman–Crippen LogP) is 2.21. The Hall–Kier alpha value is -3.38. The molecule has 2 N–H and O–H groups in total. The van der Waals surface area contributed by atoms with Crippen LogP contribution in [-0.4, -0.2) is 58.0 Å². The molecular weight excluding hydrogens is 483 g/mol. The minimum absolute atomic E-state index is 0.169. The fraction of sp³-hybridized carbons (Fsp3) is 0.458. The number of nitrogens with one attached hydrogen (secondary N) is 1. The van der Waals surface area contributed by atoms with E-state index in [4.69, 9.17) is 9.47 Å². The number of benzene rings is 1. The molecule has 1 aromatic heterocycles. The van der Waals surface area contributed by atoms with Crippen LogP contribution >= 0.6 is 0 Å². The van der Waals surface area contributed by atoms with Crippen molar-refractivity contribution in [3.63, 3.8) is 0 Å². The molecule has 2 bridgehead atoms.